The number of nitrogens with zero attached hydrogens (tertiary/aromatic N) is 1. The highest BCUT2D eigenvalue weighted by Gasteiger charge is 2.22. The first-order valence-corrected chi connectivity index (χ1v) is 7.51. The fraction of sp³-hybridized carbons (Fsp3) is 0.500. The summed E-state index contributed by atoms with van der Waals surface area (Å²) in [6.07, 6.45) is 2.03. The summed E-state index contributed by atoms with van der Waals surface area (Å²) in [4.78, 5) is 15.6. The van der Waals surface area contributed by atoms with Crippen LogP contribution in [0.3, 0.4) is 0 Å². The number of carbonyl (C=O) groups is 1. The largest absolute Gasteiger partial charge is 0.336 e. The molecule has 1 N–H and O–H groups in total. The Morgan fingerprint density at radius 3 is 2.84 bits per heavy atom. The van der Waals surface area contributed by atoms with Crippen molar-refractivity contribution in [1.29, 1.82) is 0 Å². The summed E-state index contributed by atoms with van der Waals surface area (Å²) in [5, 5.41) is 3.36. The summed E-state index contributed by atoms with van der Waals surface area (Å²) < 4.78 is 0. The molecule has 1 aliphatic rings. The Morgan fingerprint density at radius 2 is 2.21 bits per heavy atom. The summed E-state index contributed by atoms with van der Waals surface area (Å²) in [7, 11) is 0. The van der Waals surface area contributed by atoms with E-state index in [1.807, 2.05) is 30.2 Å². The van der Waals surface area contributed by atoms with Gasteiger partial charge >= 0.3 is 0 Å². The Balaban J connectivity index is 0.00000180. The lowest BCUT2D eigenvalue weighted by atomic mass is 10.1. The first-order valence-electron chi connectivity index (χ1n) is 6.29. The van der Waals surface area contributed by atoms with E-state index in [0.29, 0.717) is 6.04 Å². The molecule has 0 aromatic heterocycles. The van der Waals surface area contributed by atoms with Crippen LogP contribution in [0.15, 0.2) is 23.1 Å². The van der Waals surface area contributed by atoms with Crippen molar-refractivity contribution in [1.82, 2.24) is 10.2 Å². The molecule has 5 heteroatoms. The van der Waals surface area contributed by atoms with Gasteiger partial charge in [0.05, 0.1) is 0 Å². The molecule has 1 aromatic carbocycles. The Labute approximate surface area is 125 Å². The van der Waals surface area contributed by atoms with Crippen molar-refractivity contribution < 1.29 is 4.79 Å². The zero-order chi connectivity index (χ0) is 13.1. The molecule has 2 rings (SSSR count). The van der Waals surface area contributed by atoms with Crippen molar-refractivity contribution in [2.45, 2.75) is 24.8 Å². The van der Waals surface area contributed by atoms with Gasteiger partial charge in [0.1, 0.15) is 0 Å². The van der Waals surface area contributed by atoms with Crippen LogP contribution in [-0.2, 0) is 0 Å². The van der Waals surface area contributed by atoms with E-state index in [1.165, 1.54) is 0 Å². The van der Waals surface area contributed by atoms with Crippen molar-refractivity contribution >= 4 is 30.1 Å². The van der Waals surface area contributed by atoms with Gasteiger partial charge in [0, 0.05) is 36.1 Å². The van der Waals surface area contributed by atoms with E-state index in [-0.39, 0.29) is 18.3 Å². The van der Waals surface area contributed by atoms with Gasteiger partial charge in [-0.3, -0.25) is 4.79 Å². The molecular weight excluding hydrogens is 280 g/mol. The molecule has 1 unspecified atom stereocenters. The molecule has 0 radical (unpaired) electrons. The van der Waals surface area contributed by atoms with Gasteiger partial charge in [-0.1, -0.05) is 6.07 Å². The molecule has 3 nitrogen and oxygen atoms in total. The molecule has 0 bridgehead atoms. The number of amides is 1. The van der Waals surface area contributed by atoms with Gasteiger partial charge in [-0.15, -0.1) is 24.2 Å². The quantitative estimate of drug-likeness (QED) is 0.852. The third-order valence-corrected chi connectivity index (χ3v) is 4.06. The van der Waals surface area contributed by atoms with Crippen LogP contribution in [0.4, 0.5) is 0 Å². The van der Waals surface area contributed by atoms with E-state index >= 15 is 0 Å². The molecular formula is C14H21ClN2OS. The summed E-state index contributed by atoms with van der Waals surface area (Å²) in [5.41, 5.74) is 1.90. The molecule has 1 fully saturated rings. The number of rotatable bonds is 2. The highest BCUT2D eigenvalue weighted by atomic mass is 35.5. The first-order chi connectivity index (χ1) is 8.61. The average molecular weight is 301 g/mol. The van der Waals surface area contributed by atoms with Crippen LogP contribution in [0, 0.1) is 6.92 Å². The predicted molar refractivity (Wildman–Crippen MR) is 83.6 cm³/mol. The molecule has 1 heterocycles. The monoisotopic (exact) mass is 300 g/mol. The number of hydrogen-bond donors (Lipinski definition) is 1. The summed E-state index contributed by atoms with van der Waals surface area (Å²) in [6.45, 7) is 6.59. The molecule has 1 aromatic rings. The van der Waals surface area contributed by atoms with Crippen molar-refractivity contribution in [3.63, 3.8) is 0 Å². The maximum absolute atomic E-state index is 12.5. The molecule has 0 aliphatic carbocycles. The maximum Gasteiger partial charge on any atom is 0.254 e. The highest BCUT2D eigenvalue weighted by Crippen LogP contribution is 2.20. The van der Waals surface area contributed by atoms with Crippen LogP contribution in [-0.4, -0.2) is 42.7 Å². The summed E-state index contributed by atoms with van der Waals surface area (Å²) in [6, 6.07) is 6.49. The standard InChI is InChI=1S/C14H20N2OS.ClH/c1-10-4-5-12(18-3)8-13(10)14(17)16-7-6-15-11(2)9-16;/h4-5,8,11,15H,6-7,9H2,1-3H3;1H. The van der Waals surface area contributed by atoms with Crippen molar-refractivity contribution in [2.24, 2.45) is 0 Å². The number of halogens is 1. The van der Waals surface area contributed by atoms with Gasteiger partial charge in [0.2, 0.25) is 0 Å². The molecule has 1 atom stereocenters. The lowest BCUT2D eigenvalue weighted by molar-refractivity contribution is 0.0708. The third kappa shape index (κ3) is 3.88. The van der Waals surface area contributed by atoms with Crippen LogP contribution in [0.1, 0.15) is 22.8 Å². The zero-order valence-electron chi connectivity index (χ0n) is 11.6. The zero-order valence-corrected chi connectivity index (χ0v) is 13.2. The Bertz CT molecular complexity index is 453. The topological polar surface area (TPSA) is 32.3 Å². The predicted octanol–water partition coefficient (Wildman–Crippen LogP) is 2.57. The number of thioether (sulfide) groups is 1. The van der Waals surface area contributed by atoms with Crippen molar-refractivity contribution in [3.05, 3.63) is 29.3 Å². The van der Waals surface area contributed by atoms with Crippen LogP contribution in [0.25, 0.3) is 0 Å². The van der Waals surface area contributed by atoms with Crippen LogP contribution >= 0.6 is 24.2 Å². The molecule has 19 heavy (non-hydrogen) atoms. The molecule has 106 valence electrons. The van der Waals surface area contributed by atoms with Crippen LogP contribution in [0.5, 0.6) is 0 Å². The number of aryl methyl sites for hydroxylation is 1. The van der Waals surface area contributed by atoms with Crippen molar-refractivity contribution in [3.8, 4) is 0 Å². The second kappa shape index (κ2) is 7.17. The minimum absolute atomic E-state index is 0. The van der Waals surface area contributed by atoms with Crippen molar-refractivity contribution in [2.75, 3.05) is 25.9 Å². The van der Waals surface area contributed by atoms with Gasteiger partial charge in [-0.2, -0.15) is 0 Å². The average Bonchev–Trinajstić information content (AvgIpc) is 2.38. The highest BCUT2D eigenvalue weighted by molar-refractivity contribution is 7.98. The molecule has 0 spiro atoms. The fourth-order valence-electron chi connectivity index (χ4n) is 2.25. The minimum Gasteiger partial charge on any atom is -0.336 e. The SMILES string of the molecule is CSc1ccc(C)c(C(=O)N2CCNC(C)C2)c1.Cl. The Kier molecular flexibility index (Phi) is 6.17. The van der Waals surface area contributed by atoms with Gasteiger partial charge in [-0.25, -0.2) is 0 Å². The lowest BCUT2D eigenvalue weighted by Gasteiger charge is -2.32. The molecule has 1 aliphatic heterocycles. The van der Waals surface area contributed by atoms with Gasteiger partial charge < -0.3 is 10.2 Å². The number of piperazine rings is 1. The summed E-state index contributed by atoms with van der Waals surface area (Å²) in [5.74, 6) is 0.164. The van der Waals surface area contributed by atoms with Crippen LogP contribution in [0.2, 0.25) is 0 Å². The van der Waals surface area contributed by atoms with E-state index in [2.05, 4.69) is 18.3 Å². The van der Waals surface area contributed by atoms with Gasteiger partial charge in [0.25, 0.3) is 5.91 Å². The Morgan fingerprint density at radius 1 is 1.47 bits per heavy atom. The van der Waals surface area contributed by atoms with E-state index in [4.69, 9.17) is 0 Å². The van der Waals surface area contributed by atoms with E-state index < -0.39 is 0 Å². The summed E-state index contributed by atoms with van der Waals surface area (Å²) >= 11 is 1.67. The number of nitrogens with one attached hydrogen (secondary N) is 1. The molecule has 1 saturated heterocycles. The van der Waals surface area contributed by atoms with Crippen LogP contribution < -0.4 is 5.32 Å². The lowest BCUT2D eigenvalue weighted by Crippen LogP contribution is -2.51. The molecule has 0 saturated carbocycles. The fourth-order valence-corrected chi connectivity index (χ4v) is 2.69. The third-order valence-electron chi connectivity index (χ3n) is 3.33. The smallest absolute Gasteiger partial charge is 0.254 e. The second-order valence-electron chi connectivity index (χ2n) is 4.79. The molecule has 1 amide bonds. The second-order valence-corrected chi connectivity index (χ2v) is 5.67. The number of benzene rings is 1. The number of carbonyl (C=O) groups excluding carboxylic acids is 1. The number of hydrogen-bond acceptors (Lipinski definition) is 3. The van der Waals surface area contributed by atoms with Gasteiger partial charge in [0.15, 0.2) is 0 Å². The minimum atomic E-state index is 0. The normalized spacial score (nSPS) is 18.9. The van der Waals surface area contributed by atoms with E-state index in [1.54, 1.807) is 11.8 Å². The Hall–Kier alpha value is -0.710. The first kappa shape index (κ1) is 16.3. The van der Waals surface area contributed by atoms with E-state index in [0.717, 1.165) is 35.7 Å². The van der Waals surface area contributed by atoms with Gasteiger partial charge in [-0.05, 0) is 37.8 Å². The van der Waals surface area contributed by atoms with E-state index in [9.17, 15) is 4.79 Å². The maximum atomic E-state index is 12.5.